The molecule has 6 aromatic carbocycles. The first-order chi connectivity index (χ1) is 25.5. The zero-order valence-corrected chi connectivity index (χ0v) is 29.3. The van der Waals surface area contributed by atoms with Crippen LogP contribution in [0.25, 0.3) is 43.1 Å². The van der Waals surface area contributed by atoms with Crippen LogP contribution in [0.2, 0.25) is 0 Å². The van der Waals surface area contributed by atoms with E-state index < -0.39 is 11.9 Å². The summed E-state index contributed by atoms with van der Waals surface area (Å²) in [6.07, 6.45) is 6.27. The Labute approximate surface area is 303 Å². The van der Waals surface area contributed by atoms with Gasteiger partial charge in [0.25, 0.3) is 0 Å². The van der Waals surface area contributed by atoms with Crippen molar-refractivity contribution in [1.82, 2.24) is 10.6 Å². The highest BCUT2D eigenvalue weighted by molar-refractivity contribution is 6.10. The van der Waals surface area contributed by atoms with Crippen molar-refractivity contribution in [2.24, 2.45) is 0 Å². The van der Waals surface area contributed by atoms with Crippen molar-refractivity contribution in [3.8, 4) is 0 Å². The van der Waals surface area contributed by atoms with Gasteiger partial charge in [0, 0.05) is 12.8 Å². The lowest BCUT2D eigenvalue weighted by Gasteiger charge is -2.10. The number of carbonyl (C=O) groups excluding carboxylic acids is 4. The molecule has 6 aromatic rings. The number of hydrogen-bond acceptors (Lipinski definition) is 6. The first-order valence-electron chi connectivity index (χ1n) is 18.2. The Morgan fingerprint density at radius 2 is 0.788 bits per heavy atom. The van der Waals surface area contributed by atoms with Crippen LogP contribution in [0.3, 0.4) is 0 Å². The number of carbonyl (C=O) groups is 4. The summed E-state index contributed by atoms with van der Waals surface area (Å²) in [6.45, 7) is 0.752. The molecule has 0 bridgehead atoms. The zero-order valence-electron chi connectivity index (χ0n) is 29.3. The van der Waals surface area contributed by atoms with Gasteiger partial charge in [-0.2, -0.15) is 0 Å². The Balaban J connectivity index is 0.779. The molecule has 0 aliphatic heterocycles. The van der Waals surface area contributed by atoms with E-state index in [1.807, 2.05) is 84.9 Å². The molecule has 2 amide bonds. The number of nitrogens with one attached hydrogen (secondary N) is 2. The predicted octanol–water partition coefficient (Wildman–Crippen LogP) is 8.67. The summed E-state index contributed by atoms with van der Waals surface area (Å²) in [6, 6.07) is 35.5. The van der Waals surface area contributed by atoms with Crippen molar-refractivity contribution in [2.75, 3.05) is 26.3 Å². The molecular weight excluding hydrogens is 652 g/mol. The van der Waals surface area contributed by atoms with Gasteiger partial charge in [-0.1, -0.05) is 98.5 Å². The molecule has 0 aromatic heterocycles. The second-order valence-electron chi connectivity index (χ2n) is 13.0. The second kappa shape index (κ2) is 17.9. The normalized spacial score (nSPS) is 11.2. The zero-order chi connectivity index (χ0) is 36.1. The van der Waals surface area contributed by atoms with E-state index in [4.69, 9.17) is 9.47 Å². The molecule has 0 heterocycles. The summed E-state index contributed by atoms with van der Waals surface area (Å²) >= 11 is 0. The van der Waals surface area contributed by atoms with E-state index in [1.54, 1.807) is 12.1 Å². The number of fused-ring (bicyclic) bond motifs is 4. The maximum atomic E-state index is 12.8. The first-order valence-corrected chi connectivity index (χ1v) is 18.2. The third kappa shape index (κ3) is 9.51. The third-order valence-electron chi connectivity index (χ3n) is 9.31. The minimum atomic E-state index is -0.403. The Kier molecular flexibility index (Phi) is 12.4. The van der Waals surface area contributed by atoms with E-state index in [0.29, 0.717) is 24.0 Å². The summed E-state index contributed by atoms with van der Waals surface area (Å²) in [7, 11) is 0. The van der Waals surface area contributed by atoms with E-state index in [0.717, 1.165) is 81.6 Å². The van der Waals surface area contributed by atoms with Crippen molar-refractivity contribution in [1.29, 1.82) is 0 Å². The second-order valence-corrected chi connectivity index (χ2v) is 13.0. The van der Waals surface area contributed by atoms with Gasteiger partial charge in [-0.3, -0.25) is 9.59 Å². The third-order valence-corrected chi connectivity index (χ3v) is 9.31. The standard InChI is InChI=1S/C44H44N2O6/c47-41(45-23-25-51-43(49)37-19-11-17-35-27-31-13-7-9-15-33(31)29-39(35)37)21-5-3-1-2-4-6-22-42(48)46-24-26-52-44(50)38-20-12-18-36-28-32-14-8-10-16-34(32)30-40(36)38/h7-20,27-30H,1-6,21-26H2,(H,45,47)(H,46,48). The maximum absolute atomic E-state index is 12.8. The molecule has 0 saturated heterocycles. The molecule has 0 radical (unpaired) electrons. The number of rotatable bonds is 17. The van der Waals surface area contributed by atoms with Crippen LogP contribution in [0.15, 0.2) is 109 Å². The number of amides is 2. The SMILES string of the molecule is O=C(CCCCCCCCC(=O)NCCOC(=O)c1cccc2cc3ccccc3cc12)NCCOC(=O)c1cccc2cc3ccccc3cc12. The fourth-order valence-electron chi connectivity index (χ4n) is 6.57. The molecule has 52 heavy (non-hydrogen) atoms. The Hall–Kier alpha value is -5.76. The van der Waals surface area contributed by atoms with Gasteiger partial charge >= 0.3 is 11.9 Å². The molecule has 0 aliphatic carbocycles. The van der Waals surface area contributed by atoms with E-state index >= 15 is 0 Å². The summed E-state index contributed by atoms with van der Waals surface area (Å²) in [5.74, 6) is -0.915. The lowest BCUT2D eigenvalue weighted by Crippen LogP contribution is -2.27. The lowest BCUT2D eigenvalue weighted by molar-refractivity contribution is -0.122. The van der Waals surface area contributed by atoms with Gasteiger partial charge < -0.3 is 20.1 Å². The molecule has 0 unspecified atom stereocenters. The highest BCUT2D eigenvalue weighted by Gasteiger charge is 2.14. The van der Waals surface area contributed by atoms with Gasteiger partial charge in [-0.05, 0) is 92.3 Å². The van der Waals surface area contributed by atoms with E-state index in [2.05, 4.69) is 22.8 Å². The van der Waals surface area contributed by atoms with Crippen molar-refractivity contribution in [3.05, 3.63) is 120 Å². The van der Waals surface area contributed by atoms with Crippen molar-refractivity contribution >= 4 is 66.8 Å². The predicted molar refractivity (Wildman–Crippen MR) is 206 cm³/mol. The Morgan fingerprint density at radius 3 is 1.21 bits per heavy atom. The minimum absolute atomic E-state index is 0.0548. The molecule has 0 fully saturated rings. The van der Waals surface area contributed by atoms with E-state index in [1.165, 1.54) is 0 Å². The summed E-state index contributed by atoms with van der Waals surface area (Å²) < 4.78 is 10.9. The molecule has 0 spiro atoms. The average Bonchev–Trinajstić information content (AvgIpc) is 3.16. The topological polar surface area (TPSA) is 111 Å². The number of benzene rings is 6. The molecule has 6 rings (SSSR count). The average molecular weight is 697 g/mol. The van der Waals surface area contributed by atoms with Gasteiger partial charge in [-0.15, -0.1) is 0 Å². The van der Waals surface area contributed by atoms with Crippen molar-refractivity contribution in [3.63, 3.8) is 0 Å². The number of hydrogen-bond donors (Lipinski definition) is 2. The van der Waals surface area contributed by atoms with Gasteiger partial charge in [0.05, 0.1) is 24.2 Å². The monoisotopic (exact) mass is 696 g/mol. The van der Waals surface area contributed by atoms with Crippen LogP contribution in [0.5, 0.6) is 0 Å². The van der Waals surface area contributed by atoms with Gasteiger partial charge in [0.1, 0.15) is 13.2 Å². The summed E-state index contributed by atoms with van der Waals surface area (Å²) in [4.78, 5) is 50.1. The largest absolute Gasteiger partial charge is 0.460 e. The maximum Gasteiger partial charge on any atom is 0.338 e. The van der Waals surface area contributed by atoms with E-state index in [-0.39, 0.29) is 38.1 Å². The molecule has 266 valence electrons. The van der Waals surface area contributed by atoms with Crippen LogP contribution in [0.1, 0.15) is 72.1 Å². The smallest absolute Gasteiger partial charge is 0.338 e. The highest BCUT2D eigenvalue weighted by Crippen LogP contribution is 2.27. The Morgan fingerprint density at radius 1 is 0.423 bits per heavy atom. The number of ether oxygens (including phenoxy) is 2. The van der Waals surface area contributed by atoms with Crippen LogP contribution in [-0.4, -0.2) is 50.1 Å². The van der Waals surface area contributed by atoms with Crippen molar-refractivity contribution in [2.45, 2.75) is 51.4 Å². The summed E-state index contributed by atoms with van der Waals surface area (Å²) in [5, 5.41) is 13.7. The van der Waals surface area contributed by atoms with E-state index in [9.17, 15) is 19.2 Å². The molecule has 0 aliphatic rings. The fourth-order valence-corrected chi connectivity index (χ4v) is 6.57. The van der Waals surface area contributed by atoms with Crippen LogP contribution >= 0.6 is 0 Å². The molecule has 8 heteroatoms. The van der Waals surface area contributed by atoms with Gasteiger partial charge in [0.15, 0.2) is 0 Å². The van der Waals surface area contributed by atoms with Crippen LogP contribution in [0.4, 0.5) is 0 Å². The van der Waals surface area contributed by atoms with Crippen LogP contribution in [-0.2, 0) is 19.1 Å². The molecule has 0 saturated carbocycles. The van der Waals surface area contributed by atoms with Crippen molar-refractivity contribution < 1.29 is 28.7 Å². The first kappa shape index (κ1) is 36.0. The number of unbranched alkanes of at least 4 members (excludes halogenated alkanes) is 5. The number of esters is 2. The fraction of sp³-hybridized carbons (Fsp3) is 0.273. The Bertz CT molecular complexity index is 2050. The summed E-state index contributed by atoms with van der Waals surface area (Å²) in [5.41, 5.74) is 1.03. The molecule has 8 nitrogen and oxygen atoms in total. The molecule has 0 atom stereocenters. The lowest BCUT2D eigenvalue weighted by atomic mass is 10.00. The minimum Gasteiger partial charge on any atom is -0.460 e. The van der Waals surface area contributed by atoms with Crippen LogP contribution < -0.4 is 10.6 Å². The van der Waals surface area contributed by atoms with Crippen LogP contribution in [0, 0.1) is 0 Å². The quantitative estimate of drug-likeness (QED) is 0.0561. The van der Waals surface area contributed by atoms with Gasteiger partial charge in [-0.25, -0.2) is 9.59 Å². The highest BCUT2D eigenvalue weighted by atomic mass is 16.5. The molecule has 2 N–H and O–H groups in total. The molecular formula is C44H44N2O6. The van der Waals surface area contributed by atoms with Gasteiger partial charge in [0.2, 0.25) is 11.8 Å².